The fourth-order valence-corrected chi connectivity index (χ4v) is 2.92. The molecule has 1 aliphatic carbocycles. The molecule has 4 nitrogen and oxygen atoms in total. The van der Waals surface area contributed by atoms with Crippen LogP contribution in [0.4, 0.5) is 0 Å². The predicted octanol–water partition coefficient (Wildman–Crippen LogP) is 2.95. The average molecular weight is 270 g/mol. The number of hydrogen-bond acceptors (Lipinski definition) is 4. The van der Waals surface area contributed by atoms with Gasteiger partial charge in [0.1, 0.15) is 0 Å². The highest BCUT2D eigenvalue weighted by Crippen LogP contribution is 2.34. The lowest BCUT2D eigenvalue weighted by Crippen LogP contribution is -2.37. The van der Waals surface area contributed by atoms with Crippen LogP contribution in [0.3, 0.4) is 0 Å². The Labute approximate surface area is 115 Å². The van der Waals surface area contributed by atoms with Gasteiger partial charge in [-0.05, 0) is 25.7 Å². The molecule has 0 N–H and O–H groups in total. The molecule has 0 bridgehead atoms. The molecule has 0 aromatic rings. The smallest absolute Gasteiger partial charge is 0.320 e. The van der Waals surface area contributed by atoms with Crippen molar-refractivity contribution in [2.45, 2.75) is 52.9 Å². The minimum Gasteiger partial charge on any atom is -0.465 e. The Morgan fingerprint density at radius 1 is 1.00 bits per heavy atom. The maximum absolute atomic E-state index is 12.0. The summed E-state index contributed by atoms with van der Waals surface area (Å²) in [5.41, 5.74) is 0. The molecule has 0 heterocycles. The molecule has 0 amide bonds. The van der Waals surface area contributed by atoms with E-state index in [0.717, 1.165) is 12.8 Å². The van der Waals surface area contributed by atoms with Gasteiger partial charge in [-0.25, -0.2) is 0 Å². The minimum atomic E-state index is -0.761. The summed E-state index contributed by atoms with van der Waals surface area (Å²) in [6.07, 6.45) is 5.82. The van der Waals surface area contributed by atoms with Gasteiger partial charge in [-0.2, -0.15) is 0 Å². The highest BCUT2D eigenvalue weighted by atomic mass is 16.6. The number of esters is 2. The van der Waals surface area contributed by atoms with E-state index >= 15 is 0 Å². The SMILES string of the molecule is CCOC(=O)C(C(=O)OCC)[C@H](C)C1CCCCC1. The lowest BCUT2D eigenvalue weighted by molar-refractivity contribution is -0.165. The molecule has 110 valence electrons. The van der Waals surface area contributed by atoms with Gasteiger partial charge in [0.2, 0.25) is 0 Å². The van der Waals surface area contributed by atoms with E-state index in [9.17, 15) is 9.59 Å². The molecule has 0 aliphatic heterocycles. The first-order valence-electron chi connectivity index (χ1n) is 7.45. The Morgan fingerprint density at radius 2 is 1.47 bits per heavy atom. The molecule has 0 aromatic carbocycles. The van der Waals surface area contributed by atoms with Crippen molar-refractivity contribution in [1.82, 2.24) is 0 Å². The van der Waals surface area contributed by atoms with Crippen LogP contribution in [0.2, 0.25) is 0 Å². The Balaban J connectivity index is 2.75. The number of rotatable bonds is 6. The van der Waals surface area contributed by atoms with Gasteiger partial charge in [0.25, 0.3) is 0 Å². The summed E-state index contributed by atoms with van der Waals surface area (Å²) in [4.78, 5) is 24.0. The second-order valence-electron chi connectivity index (χ2n) is 5.24. The first-order valence-corrected chi connectivity index (χ1v) is 7.45. The van der Waals surface area contributed by atoms with Gasteiger partial charge in [-0.1, -0.05) is 39.0 Å². The third-order valence-corrected chi connectivity index (χ3v) is 4.00. The summed E-state index contributed by atoms with van der Waals surface area (Å²) in [6.45, 7) is 6.09. The quantitative estimate of drug-likeness (QED) is 0.550. The van der Waals surface area contributed by atoms with Crippen molar-refractivity contribution >= 4 is 11.9 Å². The van der Waals surface area contributed by atoms with Crippen molar-refractivity contribution in [3.8, 4) is 0 Å². The fraction of sp³-hybridized carbons (Fsp3) is 0.867. The standard InChI is InChI=1S/C15H26O4/c1-4-18-14(16)13(15(17)19-5-2)11(3)12-9-7-6-8-10-12/h11-13H,4-10H2,1-3H3/t11-/m1/s1. The Bertz CT molecular complexity index is 277. The zero-order valence-electron chi connectivity index (χ0n) is 12.3. The molecular formula is C15H26O4. The highest BCUT2D eigenvalue weighted by molar-refractivity contribution is 5.95. The first kappa shape index (κ1) is 16.0. The molecule has 1 aliphatic rings. The molecule has 1 rings (SSSR count). The topological polar surface area (TPSA) is 52.6 Å². The molecule has 19 heavy (non-hydrogen) atoms. The largest absolute Gasteiger partial charge is 0.465 e. The number of carbonyl (C=O) groups excluding carboxylic acids is 2. The van der Waals surface area contributed by atoms with Gasteiger partial charge in [-0.15, -0.1) is 0 Å². The Morgan fingerprint density at radius 3 is 1.89 bits per heavy atom. The summed E-state index contributed by atoms with van der Waals surface area (Å²) in [5.74, 6) is -1.20. The molecule has 0 radical (unpaired) electrons. The predicted molar refractivity (Wildman–Crippen MR) is 72.5 cm³/mol. The molecule has 0 spiro atoms. The number of ether oxygens (including phenoxy) is 2. The first-order chi connectivity index (χ1) is 9.11. The van der Waals surface area contributed by atoms with Crippen molar-refractivity contribution in [2.75, 3.05) is 13.2 Å². The van der Waals surface area contributed by atoms with E-state index in [1.54, 1.807) is 13.8 Å². The zero-order chi connectivity index (χ0) is 14.3. The second-order valence-corrected chi connectivity index (χ2v) is 5.24. The van der Waals surface area contributed by atoms with Crippen LogP contribution in [0.25, 0.3) is 0 Å². The summed E-state index contributed by atoms with van der Waals surface area (Å²) in [6, 6.07) is 0. The maximum atomic E-state index is 12.0. The van der Waals surface area contributed by atoms with Crippen LogP contribution in [0.15, 0.2) is 0 Å². The normalized spacial score (nSPS) is 18.1. The Hall–Kier alpha value is -1.06. The van der Waals surface area contributed by atoms with Crippen LogP contribution in [-0.2, 0) is 19.1 Å². The van der Waals surface area contributed by atoms with Gasteiger partial charge < -0.3 is 9.47 Å². The lowest BCUT2D eigenvalue weighted by atomic mass is 9.75. The molecule has 0 saturated heterocycles. The Kier molecular flexibility index (Phi) is 6.89. The van der Waals surface area contributed by atoms with E-state index in [0.29, 0.717) is 19.1 Å². The summed E-state index contributed by atoms with van der Waals surface area (Å²) in [7, 11) is 0. The van der Waals surface area contributed by atoms with Crippen molar-refractivity contribution in [3.05, 3.63) is 0 Å². The fourth-order valence-electron chi connectivity index (χ4n) is 2.92. The molecule has 1 fully saturated rings. The van der Waals surface area contributed by atoms with Crippen LogP contribution in [0, 0.1) is 17.8 Å². The van der Waals surface area contributed by atoms with Crippen LogP contribution >= 0.6 is 0 Å². The lowest BCUT2D eigenvalue weighted by Gasteiger charge is -2.31. The van der Waals surface area contributed by atoms with Crippen molar-refractivity contribution in [1.29, 1.82) is 0 Å². The number of carbonyl (C=O) groups is 2. The number of hydrogen-bond donors (Lipinski definition) is 0. The van der Waals surface area contributed by atoms with Crippen LogP contribution in [0.5, 0.6) is 0 Å². The van der Waals surface area contributed by atoms with Gasteiger partial charge >= 0.3 is 11.9 Å². The van der Waals surface area contributed by atoms with Crippen LogP contribution < -0.4 is 0 Å². The molecule has 4 heteroatoms. The van der Waals surface area contributed by atoms with Gasteiger partial charge in [0.05, 0.1) is 13.2 Å². The minimum absolute atomic E-state index is 0.00148. The molecule has 0 aromatic heterocycles. The summed E-state index contributed by atoms with van der Waals surface area (Å²) < 4.78 is 10.1. The third-order valence-electron chi connectivity index (χ3n) is 4.00. The molecule has 0 unspecified atom stereocenters. The van der Waals surface area contributed by atoms with Gasteiger partial charge in [0, 0.05) is 0 Å². The zero-order valence-corrected chi connectivity index (χ0v) is 12.3. The highest BCUT2D eigenvalue weighted by Gasteiger charge is 2.39. The van der Waals surface area contributed by atoms with E-state index in [1.807, 2.05) is 6.92 Å². The molecule has 1 saturated carbocycles. The van der Waals surface area contributed by atoms with Crippen molar-refractivity contribution in [3.63, 3.8) is 0 Å². The van der Waals surface area contributed by atoms with Crippen LogP contribution in [-0.4, -0.2) is 25.2 Å². The van der Waals surface area contributed by atoms with Gasteiger partial charge in [-0.3, -0.25) is 9.59 Å². The van der Waals surface area contributed by atoms with E-state index < -0.39 is 17.9 Å². The summed E-state index contributed by atoms with van der Waals surface area (Å²) >= 11 is 0. The monoisotopic (exact) mass is 270 g/mol. The second kappa shape index (κ2) is 8.18. The van der Waals surface area contributed by atoms with E-state index in [4.69, 9.17) is 9.47 Å². The van der Waals surface area contributed by atoms with Gasteiger partial charge in [0.15, 0.2) is 5.92 Å². The third kappa shape index (κ3) is 4.51. The van der Waals surface area contributed by atoms with E-state index in [2.05, 4.69) is 0 Å². The summed E-state index contributed by atoms with van der Waals surface area (Å²) in [5, 5.41) is 0. The van der Waals surface area contributed by atoms with Crippen molar-refractivity contribution in [2.24, 2.45) is 17.8 Å². The molecular weight excluding hydrogens is 244 g/mol. The van der Waals surface area contributed by atoms with E-state index in [1.165, 1.54) is 19.3 Å². The van der Waals surface area contributed by atoms with E-state index in [-0.39, 0.29) is 5.92 Å². The van der Waals surface area contributed by atoms with Crippen molar-refractivity contribution < 1.29 is 19.1 Å². The van der Waals surface area contributed by atoms with Crippen LogP contribution in [0.1, 0.15) is 52.9 Å². The maximum Gasteiger partial charge on any atom is 0.320 e. The average Bonchev–Trinajstić information content (AvgIpc) is 2.40. The molecule has 1 atom stereocenters.